The van der Waals surface area contributed by atoms with Crippen LogP contribution in [-0.4, -0.2) is 43.6 Å². The zero-order chi connectivity index (χ0) is 13.8. The molecule has 1 aromatic rings. The summed E-state index contributed by atoms with van der Waals surface area (Å²) in [5, 5.41) is 9.48. The number of rotatable bonds is 6. The number of nitrogens with zero attached hydrogens (tertiary/aromatic N) is 1. The van der Waals surface area contributed by atoms with Gasteiger partial charge in [0.2, 0.25) is 10.0 Å². The van der Waals surface area contributed by atoms with E-state index in [-0.39, 0.29) is 18.0 Å². The average molecular weight is 272 g/mol. The lowest BCUT2D eigenvalue weighted by Crippen LogP contribution is -2.40. The van der Waals surface area contributed by atoms with Crippen LogP contribution in [0.4, 0.5) is 0 Å². The van der Waals surface area contributed by atoms with E-state index in [1.807, 2.05) is 6.92 Å². The number of nitrogens with two attached hydrogens (primary N) is 1. The van der Waals surface area contributed by atoms with Crippen molar-refractivity contribution in [2.75, 3.05) is 19.6 Å². The Morgan fingerprint density at radius 3 is 2.33 bits per heavy atom. The number of aliphatic hydroxyl groups is 1. The Bertz CT molecular complexity index is 471. The maximum Gasteiger partial charge on any atom is 0.243 e. The first-order chi connectivity index (χ1) is 8.41. The van der Waals surface area contributed by atoms with Crippen molar-refractivity contribution >= 4 is 10.0 Å². The minimum absolute atomic E-state index is 0.0171. The monoisotopic (exact) mass is 272 g/mol. The molecule has 0 fully saturated rings. The summed E-state index contributed by atoms with van der Waals surface area (Å²) in [7, 11) is -3.56. The highest BCUT2D eigenvalue weighted by Crippen LogP contribution is 2.16. The summed E-state index contributed by atoms with van der Waals surface area (Å²) in [5.41, 5.74) is 6.30. The molecule has 0 radical (unpaired) electrons. The van der Waals surface area contributed by atoms with E-state index in [2.05, 4.69) is 0 Å². The molecule has 1 rings (SSSR count). The first-order valence-electron chi connectivity index (χ1n) is 5.86. The lowest BCUT2D eigenvalue weighted by atomic mass is 10.2. The summed E-state index contributed by atoms with van der Waals surface area (Å²) >= 11 is 0. The van der Waals surface area contributed by atoms with Gasteiger partial charge in [0.05, 0.1) is 11.0 Å². The van der Waals surface area contributed by atoms with E-state index in [9.17, 15) is 13.5 Å². The molecule has 0 aromatic heterocycles. The Balaban J connectivity index is 2.99. The summed E-state index contributed by atoms with van der Waals surface area (Å²) < 4.78 is 25.8. The quantitative estimate of drug-likeness (QED) is 0.781. The fourth-order valence-electron chi connectivity index (χ4n) is 1.57. The van der Waals surface area contributed by atoms with E-state index in [4.69, 9.17) is 5.73 Å². The lowest BCUT2D eigenvalue weighted by Gasteiger charge is -2.22. The summed E-state index contributed by atoms with van der Waals surface area (Å²) in [6.07, 6.45) is -0.842. The smallest absolute Gasteiger partial charge is 0.243 e. The number of aliphatic hydroxyl groups excluding tert-OH is 1. The summed E-state index contributed by atoms with van der Waals surface area (Å²) in [5.74, 6) is 0. The fourth-order valence-corrected chi connectivity index (χ4v) is 3.05. The Hall–Kier alpha value is -0.950. The molecule has 0 aliphatic carbocycles. The third-order valence-corrected chi connectivity index (χ3v) is 4.65. The molecular weight excluding hydrogens is 252 g/mol. The van der Waals surface area contributed by atoms with E-state index in [0.29, 0.717) is 6.54 Å². The second-order valence-corrected chi connectivity index (χ2v) is 6.10. The van der Waals surface area contributed by atoms with Crippen LogP contribution < -0.4 is 5.73 Å². The molecule has 3 N–H and O–H groups in total. The van der Waals surface area contributed by atoms with Crippen LogP contribution in [0.3, 0.4) is 0 Å². The number of hydrogen-bond donors (Lipinski definition) is 2. The number of likely N-dealkylation sites (N-methyl/N-ethyl adjacent to an activating group) is 1. The Morgan fingerprint density at radius 1 is 1.33 bits per heavy atom. The van der Waals surface area contributed by atoms with E-state index in [0.717, 1.165) is 5.56 Å². The van der Waals surface area contributed by atoms with Crippen molar-refractivity contribution in [2.24, 2.45) is 5.73 Å². The van der Waals surface area contributed by atoms with Gasteiger partial charge in [-0.1, -0.05) is 24.6 Å². The first-order valence-corrected chi connectivity index (χ1v) is 7.30. The molecule has 0 aliphatic heterocycles. The van der Waals surface area contributed by atoms with Gasteiger partial charge in [0.1, 0.15) is 0 Å². The normalized spacial score (nSPS) is 13.8. The van der Waals surface area contributed by atoms with Gasteiger partial charge >= 0.3 is 0 Å². The van der Waals surface area contributed by atoms with Gasteiger partial charge in [0.15, 0.2) is 0 Å². The van der Waals surface area contributed by atoms with Crippen LogP contribution >= 0.6 is 0 Å². The predicted octanol–water partition coefficient (Wildman–Crippen LogP) is 0.325. The molecule has 1 aromatic carbocycles. The van der Waals surface area contributed by atoms with Crippen molar-refractivity contribution in [3.05, 3.63) is 29.8 Å². The summed E-state index contributed by atoms with van der Waals surface area (Å²) in [6.45, 7) is 3.98. The van der Waals surface area contributed by atoms with Gasteiger partial charge in [-0.25, -0.2) is 8.42 Å². The van der Waals surface area contributed by atoms with E-state index >= 15 is 0 Å². The van der Waals surface area contributed by atoms with Crippen LogP contribution in [0.25, 0.3) is 0 Å². The summed E-state index contributed by atoms with van der Waals surface area (Å²) in [6, 6.07) is 6.64. The second kappa shape index (κ2) is 6.29. The average Bonchev–Trinajstić information content (AvgIpc) is 2.35. The van der Waals surface area contributed by atoms with Gasteiger partial charge in [0.25, 0.3) is 0 Å². The first kappa shape index (κ1) is 15.1. The molecule has 102 valence electrons. The third kappa shape index (κ3) is 3.52. The lowest BCUT2D eigenvalue weighted by molar-refractivity contribution is 0.154. The van der Waals surface area contributed by atoms with Gasteiger partial charge in [-0.2, -0.15) is 4.31 Å². The predicted molar refractivity (Wildman–Crippen MR) is 70.7 cm³/mol. The van der Waals surface area contributed by atoms with Gasteiger partial charge in [-0.3, -0.25) is 0 Å². The molecule has 1 atom stereocenters. The molecule has 0 spiro atoms. The standard InChI is InChI=1S/C12H20N2O3S/c1-3-14(9-11(15)8-13)18(16,17)12-6-4-10(2)5-7-12/h4-7,11,15H,3,8-9,13H2,1-2H3. The van der Waals surface area contributed by atoms with Crippen LogP contribution in [0.15, 0.2) is 29.2 Å². The highest BCUT2D eigenvalue weighted by atomic mass is 32.2. The molecule has 0 saturated heterocycles. The highest BCUT2D eigenvalue weighted by molar-refractivity contribution is 7.89. The van der Waals surface area contributed by atoms with Crippen molar-refractivity contribution in [1.82, 2.24) is 4.31 Å². The Kier molecular flexibility index (Phi) is 5.28. The van der Waals surface area contributed by atoms with E-state index in [1.54, 1.807) is 31.2 Å². The van der Waals surface area contributed by atoms with Crippen molar-refractivity contribution < 1.29 is 13.5 Å². The van der Waals surface area contributed by atoms with E-state index < -0.39 is 16.1 Å². The van der Waals surface area contributed by atoms with Crippen molar-refractivity contribution in [3.63, 3.8) is 0 Å². The van der Waals surface area contributed by atoms with Crippen LogP contribution in [0.1, 0.15) is 12.5 Å². The number of aryl methyl sites for hydroxylation is 1. The molecule has 6 heteroatoms. The SMILES string of the molecule is CCN(CC(O)CN)S(=O)(=O)c1ccc(C)cc1. The van der Waals surface area contributed by atoms with Crippen molar-refractivity contribution in [1.29, 1.82) is 0 Å². The van der Waals surface area contributed by atoms with Crippen molar-refractivity contribution in [2.45, 2.75) is 24.8 Å². The molecule has 0 aliphatic rings. The van der Waals surface area contributed by atoms with Crippen LogP contribution in [0.5, 0.6) is 0 Å². The van der Waals surface area contributed by atoms with Crippen LogP contribution in [0.2, 0.25) is 0 Å². The highest BCUT2D eigenvalue weighted by Gasteiger charge is 2.24. The minimum atomic E-state index is -3.56. The topological polar surface area (TPSA) is 83.6 Å². The number of sulfonamides is 1. The number of benzene rings is 1. The van der Waals surface area contributed by atoms with Gasteiger partial charge in [-0.05, 0) is 19.1 Å². The van der Waals surface area contributed by atoms with E-state index in [1.165, 1.54) is 4.31 Å². The largest absolute Gasteiger partial charge is 0.390 e. The van der Waals surface area contributed by atoms with Crippen molar-refractivity contribution in [3.8, 4) is 0 Å². The zero-order valence-electron chi connectivity index (χ0n) is 10.7. The molecule has 0 heterocycles. The van der Waals surface area contributed by atoms with Gasteiger partial charge in [-0.15, -0.1) is 0 Å². The number of hydrogen-bond acceptors (Lipinski definition) is 4. The molecule has 0 amide bonds. The van der Waals surface area contributed by atoms with Crippen LogP contribution in [-0.2, 0) is 10.0 Å². The zero-order valence-corrected chi connectivity index (χ0v) is 11.5. The van der Waals surface area contributed by atoms with Crippen LogP contribution in [0, 0.1) is 6.92 Å². The maximum absolute atomic E-state index is 12.3. The molecule has 0 saturated carbocycles. The second-order valence-electron chi connectivity index (χ2n) is 4.16. The third-order valence-electron chi connectivity index (χ3n) is 2.70. The van der Waals surface area contributed by atoms with Gasteiger partial charge in [0, 0.05) is 19.6 Å². The summed E-state index contributed by atoms with van der Waals surface area (Å²) in [4.78, 5) is 0.235. The Morgan fingerprint density at radius 2 is 1.89 bits per heavy atom. The maximum atomic E-state index is 12.3. The molecular formula is C12H20N2O3S. The molecule has 1 unspecified atom stereocenters. The fraction of sp³-hybridized carbons (Fsp3) is 0.500. The Labute approximate surface area is 108 Å². The van der Waals surface area contributed by atoms with Gasteiger partial charge < -0.3 is 10.8 Å². The molecule has 18 heavy (non-hydrogen) atoms. The minimum Gasteiger partial charge on any atom is -0.390 e. The molecule has 0 bridgehead atoms. The molecule has 5 nitrogen and oxygen atoms in total.